The van der Waals surface area contributed by atoms with E-state index in [0.29, 0.717) is 0 Å². The van der Waals surface area contributed by atoms with Crippen molar-refractivity contribution in [3.8, 4) is 0 Å². The van der Waals surface area contributed by atoms with Gasteiger partial charge in [0.15, 0.2) is 11.5 Å². The number of nitrogens with one attached hydrogen (secondary N) is 1. The first kappa shape index (κ1) is 10.7. The summed E-state index contributed by atoms with van der Waals surface area (Å²) in [5, 5.41) is 19.7. The van der Waals surface area contributed by atoms with E-state index in [4.69, 9.17) is 0 Å². The number of nitrogens with zero attached hydrogens (tertiary/aromatic N) is 6. The predicted octanol–water partition coefficient (Wildman–Crippen LogP) is 0.741. The molecule has 0 unspecified atom stereocenters. The third kappa shape index (κ3) is 2.02. The molecular weight excluding hydrogens is 230 g/mol. The SMILES string of the molecule is Cc1nnc2ccc(NCCn3cccn3)nn12. The summed E-state index contributed by atoms with van der Waals surface area (Å²) < 4.78 is 3.59. The molecule has 3 rings (SSSR count). The second-order valence-electron chi connectivity index (χ2n) is 3.93. The van der Waals surface area contributed by atoms with Crippen molar-refractivity contribution in [3.05, 3.63) is 36.4 Å². The van der Waals surface area contributed by atoms with Gasteiger partial charge < -0.3 is 5.32 Å². The highest BCUT2D eigenvalue weighted by molar-refractivity contribution is 5.43. The van der Waals surface area contributed by atoms with E-state index in [2.05, 4.69) is 25.7 Å². The predicted molar refractivity (Wildman–Crippen MR) is 66.2 cm³/mol. The molecule has 0 fully saturated rings. The highest BCUT2D eigenvalue weighted by Crippen LogP contribution is 2.06. The molecule has 0 spiro atoms. The Morgan fingerprint density at radius 2 is 2.22 bits per heavy atom. The molecule has 7 nitrogen and oxygen atoms in total. The molecule has 0 saturated carbocycles. The summed E-state index contributed by atoms with van der Waals surface area (Å²) >= 11 is 0. The van der Waals surface area contributed by atoms with Gasteiger partial charge in [0.1, 0.15) is 5.82 Å². The quantitative estimate of drug-likeness (QED) is 0.731. The first-order valence-electron chi connectivity index (χ1n) is 5.73. The van der Waals surface area contributed by atoms with Crippen molar-refractivity contribution in [1.82, 2.24) is 29.6 Å². The lowest BCUT2D eigenvalue weighted by Crippen LogP contribution is -2.12. The number of hydrogen-bond acceptors (Lipinski definition) is 5. The van der Waals surface area contributed by atoms with Gasteiger partial charge >= 0.3 is 0 Å². The largest absolute Gasteiger partial charge is 0.367 e. The van der Waals surface area contributed by atoms with E-state index >= 15 is 0 Å². The number of aromatic nitrogens is 6. The van der Waals surface area contributed by atoms with E-state index in [1.54, 1.807) is 10.7 Å². The molecule has 0 atom stereocenters. The Bertz CT molecular complexity index is 641. The van der Waals surface area contributed by atoms with E-state index in [1.807, 2.05) is 36.0 Å². The van der Waals surface area contributed by atoms with Gasteiger partial charge in [-0.15, -0.1) is 15.3 Å². The summed E-state index contributed by atoms with van der Waals surface area (Å²) in [6, 6.07) is 5.70. The summed E-state index contributed by atoms with van der Waals surface area (Å²) in [6.45, 7) is 3.44. The molecule has 0 aromatic carbocycles. The van der Waals surface area contributed by atoms with Crippen LogP contribution >= 0.6 is 0 Å². The average molecular weight is 243 g/mol. The third-order valence-corrected chi connectivity index (χ3v) is 2.62. The number of rotatable bonds is 4. The maximum absolute atomic E-state index is 4.40. The van der Waals surface area contributed by atoms with Crippen molar-refractivity contribution in [2.45, 2.75) is 13.5 Å². The van der Waals surface area contributed by atoms with Crippen LogP contribution in [0.25, 0.3) is 5.65 Å². The molecule has 7 heteroatoms. The Balaban J connectivity index is 1.69. The van der Waals surface area contributed by atoms with Crippen LogP contribution in [0, 0.1) is 6.92 Å². The van der Waals surface area contributed by atoms with E-state index in [-0.39, 0.29) is 0 Å². The van der Waals surface area contributed by atoms with Crippen LogP contribution in [0.3, 0.4) is 0 Å². The summed E-state index contributed by atoms with van der Waals surface area (Å²) in [5.74, 6) is 1.58. The fourth-order valence-electron chi connectivity index (χ4n) is 1.72. The molecule has 18 heavy (non-hydrogen) atoms. The van der Waals surface area contributed by atoms with Gasteiger partial charge in [0.2, 0.25) is 0 Å². The van der Waals surface area contributed by atoms with Gasteiger partial charge in [0, 0.05) is 18.9 Å². The van der Waals surface area contributed by atoms with Crippen LogP contribution in [-0.2, 0) is 6.54 Å². The minimum Gasteiger partial charge on any atom is -0.367 e. The number of hydrogen-bond donors (Lipinski definition) is 1. The summed E-state index contributed by atoms with van der Waals surface area (Å²) in [4.78, 5) is 0. The van der Waals surface area contributed by atoms with Crippen molar-refractivity contribution < 1.29 is 0 Å². The molecular formula is C11H13N7. The normalized spacial score (nSPS) is 10.9. The second kappa shape index (κ2) is 4.44. The van der Waals surface area contributed by atoms with Crippen LogP contribution in [0.4, 0.5) is 5.82 Å². The molecule has 3 heterocycles. The van der Waals surface area contributed by atoms with E-state index in [1.165, 1.54) is 0 Å². The summed E-state index contributed by atoms with van der Waals surface area (Å²) in [7, 11) is 0. The summed E-state index contributed by atoms with van der Waals surface area (Å²) in [5.41, 5.74) is 0.755. The van der Waals surface area contributed by atoms with Crippen molar-refractivity contribution in [2.75, 3.05) is 11.9 Å². The number of anilines is 1. The third-order valence-electron chi connectivity index (χ3n) is 2.62. The van der Waals surface area contributed by atoms with Crippen molar-refractivity contribution in [3.63, 3.8) is 0 Å². The maximum Gasteiger partial charge on any atom is 0.178 e. The van der Waals surface area contributed by atoms with Crippen LogP contribution in [0.15, 0.2) is 30.6 Å². The Morgan fingerprint density at radius 1 is 1.28 bits per heavy atom. The molecule has 3 aromatic heterocycles. The molecule has 3 aromatic rings. The molecule has 0 saturated heterocycles. The smallest absolute Gasteiger partial charge is 0.178 e. The first-order valence-corrected chi connectivity index (χ1v) is 5.73. The number of fused-ring (bicyclic) bond motifs is 1. The Morgan fingerprint density at radius 3 is 3.06 bits per heavy atom. The first-order chi connectivity index (χ1) is 8.83. The van der Waals surface area contributed by atoms with Crippen LogP contribution in [0.5, 0.6) is 0 Å². The molecule has 0 aliphatic heterocycles. The minimum absolute atomic E-state index is 0.755. The molecule has 0 bridgehead atoms. The van der Waals surface area contributed by atoms with Crippen molar-refractivity contribution >= 4 is 11.5 Å². The zero-order valence-corrected chi connectivity index (χ0v) is 9.98. The van der Waals surface area contributed by atoms with Crippen molar-refractivity contribution in [2.24, 2.45) is 0 Å². The molecule has 0 amide bonds. The fraction of sp³-hybridized carbons (Fsp3) is 0.273. The Kier molecular flexibility index (Phi) is 2.64. The molecule has 1 N–H and O–H groups in total. The van der Waals surface area contributed by atoms with Crippen LogP contribution in [-0.4, -0.2) is 36.1 Å². The van der Waals surface area contributed by atoms with Crippen LogP contribution in [0.2, 0.25) is 0 Å². The van der Waals surface area contributed by atoms with Gasteiger partial charge in [-0.25, -0.2) is 0 Å². The Hall–Kier alpha value is -2.44. The van der Waals surface area contributed by atoms with Gasteiger partial charge in [-0.1, -0.05) is 0 Å². The molecule has 0 radical (unpaired) electrons. The zero-order chi connectivity index (χ0) is 12.4. The van der Waals surface area contributed by atoms with E-state index < -0.39 is 0 Å². The van der Waals surface area contributed by atoms with Crippen LogP contribution in [0.1, 0.15) is 5.82 Å². The van der Waals surface area contributed by atoms with E-state index in [0.717, 1.165) is 30.4 Å². The zero-order valence-electron chi connectivity index (χ0n) is 9.98. The topological polar surface area (TPSA) is 72.9 Å². The Labute approximate surface area is 103 Å². The van der Waals surface area contributed by atoms with Gasteiger partial charge in [-0.05, 0) is 25.1 Å². The van der Waals surface area contributed by atoms with Gasteiger partial charge in [-0.3, -0.25) is 4.68 Å². The number of aryl methyl sites for hydroxylation is 1. The lowest BCUT2D eigenvalue weighted by Gasteiger charge is -2.05. The van der Waals surface area contributed by atoms with Crippen molar-refractivity contribution in [1.29, 1.82) is 0 Å². The van der Waals surface area contributed by atoms with Gasteiger partial charge in [-0.2, -0.15) is 9.61 Å². The molecule has 0 aliphatic carbocycles. The molecule has 92 valence electrons. The van der Waals surface area contributed by atoms with E-state index in [9.17, 15) is 0 Å². The second-order valence-corrected chi connectivity index (χ2v) is 3.93. The minimum atomic E-state index is 0.755. The van der Waals surface area contributed by atoms with Gasteiger partial charge in [0.05, 0.1) is 6.54 Å². The summed E-state index contributed by atoms with van der Waals surface area (Å²) in [6.07, 6.45) is 3.70. The monoisotopic (exact) mass is 243 g/mol. The standard InChI is InChI=1S/C11H13N7/c1-9-14-15-11-4-3-10(16-18(9)11)12-6-8-17-7-2-5-13-17/h2-5,7H,6,8H2,1H3,(H,12,16). The van der Waals surface area contributed by atoms with Gasteiger partial charge in [0.25, 0.3) is 0 Å². The average Bonchev–Trinajstić information content (AvgIpc) is 3.01. The fourth-order valence-corrected chi connectivity index (χ4v) is 1.72. The highest BCUT2D eigenvalue weighted by atomic mass is 15.4. The highest BCUT2D eigenvalue weighted by Gasteiger charge is 2.02. The lowest BCUT2D eigenvalue weighted by molar-refractivity contribution is 0.636. The lowest BCUT2D eigenvalue weighted by atomic mass is 10.5. The van der Waals surface area contributed by atoms with Crippen LogP contribution < -0.4 is 5.32 Å². The maximum atomic E-state index is 4.40. The molecule has 0 aliphatic rings.